The molecular weight excluding hydrogens is 321 g/mol. The summed E-state index contributed by atoms with van der Waals surface area (Å²) in [6.45, 7) is 2.07. The summed E-state index contributed by atoms with van der Waals surface area (Å²) >= 11 is 0. The molecule has 25 heavy (non-hydrogen) atoms. The molecule has 0 aromatic heterocycles. The second-order valence-electron chi connectivity index (χ2n) is 6.82. The molecule has 0 radical (unpaired) electrons. The van der Waals surface area contributed by atoms with Crippen LogP contribution in [-0.2, 0) is 19.3 Å². The van der Waals surface area contributed by atoms with Gasteiger partial charge in [-0.2, -0.15) is 0 Å². The highest BCUT2D eigenvalue weighted by Crippen LogP contribution is 2.37. The zero-order valence-corrected chi connectivity index (χ0v) is 14.1. The van der Waals surface area contributed by atoms with Gasteiger partial charge < -0.3 is 0 Å². The van der Waals surface area contributed by atoms with Gasteiger partial charge in [0.1, 0.15) is 5.82 Å². The first-order valence-electron chi connectivity index (χ1n) is 8.75. The zero-order valence-electron chi connectivity index (χ0n) is 14.1. The van der Waals surface area contributed by atoms with E-state index in [0.29, 0.717) is 29.4 Å². The summed E-state index contributed by atoms with van der Waals surface area (Å²) in [4.78, 5) is 0. The highest BCUT2D eigenvalue weighted by Gasteiger charge is 2.26. The van der Waals surface area contributed by atoms with Gasteiger partial charge in [-0.05, 0) is 65.3 Å². The van der Waals surface area contributed by atoms with Crippen LogP contribution in [0.2, 0.25) is 0 Å². The molecule has 1 aliphatic carbocycles. The number of aryl methyl sites for hydroxylation is 2. The quantitative estimate of drug-likeness (QED) is 0.529. The molecule has 0 saturated heterocycles. The van der Waals surface area contributed by atoms with E-state index in [9.17, 15) is 8.78 Å². The van der Waals surface area contributed by atoms with Crippen LogP contribution in [-0.4, -0.2) is 0 Å². The molecule has 0 saturated carbocycles. The van der Waals surface area contributed by atoms with E-state index < -0.39 is 11.6 Å². The van der Waals surface area contributed by atoms with Gasteiger partial charge in [-0.15, -0.1) is 0 Å². The standard InChI is InChI=1S/C22H19F3/c1-2-13-3-8-17-15(11-13)6-9-18(21(17)24)16-5-4-14-7-10-20(23)22(25)19(14)12-16/h3,6-11,16H,2,4-5,12H2,1H3. The van der Waals surface area contributed by atoms with Gasteiger partial charge in [0.05, 0.1) is 0 Å². The molecule has 0 N–H and O–H groups in total. The Kier molecular flexibility index (Phi) is 4.03. The average Bonchev–Trinajstić information content (AvgIpc) is 2.64. The molecule has 0 aliphatic heterocycles. The van der Waals surface area contributed by atoms with Crippen LogP contribution in [0, 0.1) is 17.5 Å². The topological polar surface area (TPSA) is 0 Å². The lowest BCUT2D eigenvalue weighted by molar-refractivity contribution is 0.471. The molecule has 1 atom stereocenters. The molecule has 3 aromatic rings. The van der Waals surface area contributed by atoms with Gasteiger partial charge in [-0.1, -0.05) is 43.3 Å². The Hall–Kier alpha value is -2.29. The lowest BCUT2D eigenvalue weighted by Gasteiger charge is -2.26. The third-order valence-electron chi connectivity index (χ3n) is 5.40. The van der Waals surface area contributed by atoms with E-state index in [2.05, 4.69) is 6.92 Å². The van der Waals surface area contributed by atoms with Gasteiger partial charge in [0.25, 0.3) is 0 Å². The van der Waals surface area contributed by atoms with Crippen molar-refractivity contribution in [1.82, 2.24) is 0 Å². The van der Waals surface area contributed by atoms with Gasteiger partial charge in [0, 0.05) is 5.39 Å². The third kappa shape index (κ3) is 2.72. The number of rotatable bonds is 2. The number of fused-ring (bicyclic) bond motifs is 2. The molecule has 0 bridgehead atoms. The Labute approximate surface area is 145 Å². The van der Waals surface area contributed by atoms with E-state index in [4.69, 9.17) is 0 Å². The van der Waals surface area contributed by atoms with E-state index in [0.717, 1.165) is 23.8 Å². The Balaban J connectivity index is 1.75. The minimum Gasteiger partial charge on any atom is -0.206 e. The Morgan fingerprint density at radius 2 is 1.80 bits per heavy atom. The predicted octanol–water partition coefficient (Wildman–Crippen LogP) is 6.09. The van der Waals surface area contributed by atoms with Crippen molar-refractivity contribution >= 4 is 10.8 Å². The largest absolute Gasteiger partial charge is 0.206 e. The fraction of sp³-hybridized carbons (Fsp3) is 0.273. The Bertz CT molecular complexity index is 959. The maximum Gasteiger partial charge on any atom is 0.162 e. The van der Waals surface area contributed by atoms with Crippen LogP contribution >= 0.6 is 0 Å². The van der Waals surface area contributed by atoms with Crippen molar-refractivity contribution in [3.63, 3.8) is 0 Å². The first kappa shape index (κ1) is 16.2. The predicted molar refractivity (Wildman–Crippen MR) is 94.4 cm³/mol. The molecule has 0 amide bonds. The molecule has 0 heterocycles. The Morgan fingerprint density at radius 1 is 0.960 bits per heavy atom. The van der Waals surface area contributed by atoms with Gasteiger partial charge in [-0.25, -0.2) is 13.2 Å². The maximum absolute atomic E-state index is 15.1. The summed E-state index contributed by atoms with van der Waals surface area (Å²) < 4.78 is 42.8. The lowest BCUT2D eigenvalue weighted by Crippen LogP contribution is -2.16. The summed E-state index contributed by atoms with van der Waals surface area (Å²) in [6.07, 6.45) is 2.63. The van der Waals surface area contributed by atoms with Gasteiger partial charge >= 0.3 is 0 Å². The minimum atomic E-state index is -0.828. The molecule has 128 valence electrons. The molecule has 3 aromatic carbocycles. The molecule has 0 fully saturated rings. The first-order valence-corrected chi connectivity index (χ1v) is 8.75. The SMILES string of the molecule is CCc1ccc2c(F)c(C3CCc4ccc(F)c(F)c4C3)ccc2c1. The van der Waals surface area contributed by atoms with Crippen LogP contribution in [0.15, 0.2) is 42.5 Å². The molecule has 3 heteroatoms. The van der Waals surface area contributed by atoms with Gasteiger partial charge in [0.2, 0.25) is 0 Å². The summed E-state index contributed by atoms with van der Waals surface area (Å²) in [6, 6.07) is 12.3. The van der Waals surface area contributed by atoms with Crippen molar-refractivity contribution in [3.8, 4) is 0 Å². The van der Waals surface area contributed by atoms with Crippen LogP contribution in [0.3, 0.4) is 0 Å². The summed E-state index contributed by atoms with van der Waals surface area (Å²) in [5, 5.41) is 1.48. The number of halogens is 3. The molecule has 1 unspecified atom stereocenters. The molecule has 0 nitrogen and oxygen atoms in total. The van der Waals surface area contributed by atoms with Gasteiger partial charge in [0.15, 0.2) is 11.6 Å². The molecule has 4 rings (SSSR count). The Morgan fingerprint density at radius 3 is 2.60 bits per heavy atom. The second kappa shape index (κ2) is 6.21. The van der Waals surface area contributed by atoms with E-state index in [1.807, 2.05) is 30.3 Å². The van der Waals surface area contributed by atoms with Crippen molar-refractivity contribution < 1.29 is 13.2 Å². The van der Waals surface area contributed by atoms with Crippen LogP contribution < -0.4 is 0 Å². The fourth-order valence-corrected chi connectivity index (χ4v) is 3.92. The van der Waals surface area contributed by atoms with Crippen molar-refractivity contribution in [2.24, 2.45) is 0 Å². The number of benzene rings is 3. The normalized spacial score (nSPS) is 16.9. The molecular formula is C22H19F3. The minimum absolute atomic E-state index is 0.126. The van der Waals surface area contributed by atoms with Crippen LogP contribution in [0.25, 0.3) is 10.8 Å². The lowest BCUT2D eigenvalue weighted by atomic mass is 9.79. The van der Waals surface area contributed by atoms with Crippen molar-refractivity contribution in [2.75, 3.05) is 0 Å². The second-order valence-corrected chi connectivity index (χ2v) is 6.82. The maximum atomic E-state index is 15.1. The summed E-state index contributed by atoms with van der Waals surface area (Å²) in [7, 11) is 0. The summed E-state index contributed by atoms with van der Waals surface area (Å²) in [5.41, 5.74) is 3.01. The number of hydrogen-bond donors (Lipinski definition) is 0. The highest BCUT2D eigenvalue weighted by molar-refractivity contribution is 5.84. The van der Waals surface area contributed by atoms with Crippen LogP contribution in [0.4, 0.5) is 13.2 Å². The van der Waals surface area contributed by atoms with E-state index in [1.54, 1.807) is 6.07 Å². The first-order chi connectivity index (χ1) is 12.1. The van der Waals surface area contributed by atoms with Gasteiger partial charge in [-0.3, -0.25) is 0 Å². The van der Waals surface area contributed by atoms with E-state index >= 15 is 4.39 Å². The monoisotopic (exact) mass is 340 g/mol. The van der Waals surface area contributed by atoms with Crippen LogP contribution in [0.5, 0.6) is 0 Å². The van der Waals surface area contributed by atoms with Crippen molar-refractivity contribution in [1.29, 1.82) is 0 Å². The third-order valence-corrected chi connectivity index (χ3v) is 5.40. The molecule has 0 spiro atoms. The van der Waals surface area contributed by atoms with E-state index in [1.165, 1.54) is 11.6 Å². The van der Waals surface area contributed by atoms with E-state index in [-0.39, 0.29) is 11.7 Å². The van der Waals surface area contributed by atoms with Crippen molar-refractivity contribution in [2.45, 2.75) is 38.5 Å². The highest BCUT2D eigenvalue weighted by atomic mass is 19.2. The van der Waals surface area contributed by atoms with Crippen molar-refractivity contribution in [3.05, 3.63) is 82.2 Å². The fourth-order valence-electron chi connectivity index (χ4n) is 3.92. The van der Waals surface area contributed by atoms with Crippen LogP contribution in [0.1, 0.15) is 41.5 Å². The zero-order chi connectivity index (χ0) is 17.6. The summed E-state index contributed by atoms with van der Waals surface area (Å²) in [5.74, 6) is -1.97. The average molecular weight is 340 g/mol. The number of hydrogen-bond acceptors (Lipinski definition) is 0. The smallest absolute Gasteiger partial charge is 0.162 e. The molecule has 1 aliphatic rings.